The highest BCUT2D eigenvalue weighted by molar-refractivity contribution is 7.98. The molecule has 116 valence electrons. The Labute approximate surface area is 139 Å². The molecule has 1 amide bonds. The minimum Gasteiger partial charge on any atom is -0.394 e. The van der Waals surface area contributed by atoms with E-state index in [-0.39, 0.29) is 18.6 Å². The number of aliphatic hydroxyl groups is 1. The van der Waals surface area contributed by atoms with Crippen LogP contribution in [0.4, 0.5) is 0 Å². The lowest BCUT2D eigenvalue weighted by atomic mass is 10.1. The van der Waals surface area contributed by atoms with Crippen LogP contribution in [0, 0.1) is 0 Å². The first kappa shape index (κ1) is 16.9. The molecule has 0 aliphatic heterocycles. The number of nitrogens with one attached hydrogen (secondary N) is 1. The van der Waals surface area contributed by atoms with Gasteiger partial charge in [-0.25, -0.2) is 0 Å². The molecular weight excluding hydrogens is 318 g/mol. The van der Waals surface area contributed by atoms with Gasteiger partial charge in [0.2, 0.25) is 0 Å². The van der Waals surface area contributed by atoms with Gasteiger partial charge in [0.15, 0.2) is 0 Å². The molecule has 0 bridgehead atoms. The summed E-state index contributed by atoms with van der Waals surface area (Å²) in [6, 6.07) is 15.0. The van der Waals surface area contributed by atoms with E-state index < -0.39 is 0 Å². The van der Waals surface area contributed by atoms with Crippen molar-refractivity contribution >= 4 is 29.3 Å². The topological polar surface area (TPSA) is 49.3 Å². The predicted octanol–water partition coefficient (Wildman–Crippen LogP) is 3.74. The second kappa shape index (κ2) is 8.22. The van der Waals surface area contributed by atoms with E-state index in [1.54, 1.807) is 30.8 Å². The number of aliphatic hydroxyl groups excluding tert-OH is 1. The van der Waals surface area contributed by atoms with Gasteiger partial charge in [0.05, 0.1) is 6.61 Å². The molecule has 0 aliphatic rings. The van der Waals surface area contributed by atoms with E-state index in [0.717, 1.165) is 21.2 Å². The normalized spacial score (nSPS) is 12.0. The largest absolute Gasteiger partial charge is 0.394 e. The monoisotopic (exact) mass is 335 g/mol. The Morgan fingerprint density at radius 1 is 1.18 bits per heavy atom. The zero-order valence-electron chi connectivity index (χ0n) is 12.3. The average molecular weight is 336 g/mol. The maximum absolute atomic E-state index is 11.9. The summed E-state index contributed by atoms with van der Waals surface area (Å²) >= 11 is 7.58. The molecule has 0 spiro atoms. The zero-order valence-corrected chi connectivity index (χ0v) is 13.8. The van der Waals surface area contributed by atoms with Gasteiger partial charge >= 0.3 is 0 Å². The van der Waals surface area contributed by atoms with Gasteiger partial charge in [0.25, 0.3) is 5.91 Å². The van der Waals surface area contributed by atoms with Gasteiger partial charge in [-0.15, -0.1) is 11.8 Å². The van der Waals surface area contributed by atoms with Crippen molar-refractivity contribution in [3.8, 4) is 0 Å². The van der Waals surface area contributed by atoms with Crippen LogP contribution in [-0.2, 0) is 5.75 Å². The number of carbonyl (C=O) groups is 1. The van der Waals surface area contributed by atoms with E-state index in [0.29, 0.717) is 5.56 Å². The van der Waals surface area contributed by atoms with Crippen molar-refractivity contribution in [1.29, 1.82) is 0 Å². The SMILES string of the molecule is CC(CO)NC(=O)c1ccc(CSc2ccc(Cl)cc2)cc1. The molecule has 0 saturated heterocycles. The highest BCUT2D eigenvalue weighted by Crippen LogP contribution is 2.24. The number of hydrogen-bond donors (Lipinski definition) is 2. The van der Waals surface area contributed by atoms with E-state index in [1.165, 1.54) is 0 Å². The van der Waals surface area contributed by atoms with Crippen molar-refractivity contribution < 1.29 is 9.90 Å². The Morgan fingerprint density at radius 3 is 2.41 bits per heavy atom. The third-order valence-electron chi connectivity index (χ3n) is 3.09. The molecule has 0 aliphatic carbocycles. The fourth-order valence-corrected chi connectivity index (χ4v) is 2.78. The second-order valence-corrected chi connectivity index (χ2v) is 6.48. The van der Waals surface area contributed by atoms with Crippen molar-refractivity contribution in [2.24, 2.45) is 0 Å². The molecule has 2 N–H and O–H groups in total. The Balaban J connectivity index is 1.91. The van der Waals surface area contributed by atoms with Crippen molar-refractivity contribution in [2.75, 3.05) is 6.61 Å². The molecule has 0 heterocycles. The van der Waals surface area contributed by atoms with Gasteiger partial charge in [0, 0.05) is 27.3 Å². The molecule has 1 atom stereocenters. The van der Waals surface area contributed by atoms with Crippen molar-refractivity contribution in [1.82, 2.24) is 5.32 Å². The minimum absolute atomic E-state index is 0.0679. The second-order valence-electron chi connectivity index (χ2n) is 5.00. The first-order chi connectivity index (χ1) is 10.6. The van der Waals surface area contributed by atoms with Crippen LogP contribution in [0.2, 0.25) is 5.02 Å². The predicted molar refractivity (Wildman–Crippen MR) is 91.5 cm³/mol. The van der Waals surface area contributed by atoms with Crippen LogP contribution < -0.4 is 5.32 Å². The summed E-state index contributed by atoms with van der Waals surface area (Å²) in [7, 11) is 0. The van der Waals surface area contributed by atoms with Crippen LogP contribution in [0.25, 0.3) is 0 Å². The van der Waals surface area contributed by atoms with E-state index >= 15 is 0 Å². The molecule has 1 unspecified atom stereocenters. The molecule has 0 saturated carbocycles. The van der Waals surface area contributed by atoms with Crippen molar-refractivity contribution in [2.45, 2.75) is 23.6 Å². The standard InChI is InChI=1S/C17H18ClNO2S/c1-12(10-20)19-17(21)14-4-2-13(3-5-14)11-22-16-8-6-15(18)7-9-16/h2-9,12,20H,10-11H2,1H3,(H,19,21). The van der Waals surface area contributed by atoms with Gasteiger partial charge in [-0.3, -0.25) is 4.79 Å². The lowest BCUT2D eigenvalue weighted by molar-refractivity contribution is 0.0922. The Kier molecular flexibility index (Phi) is 6.31. The maximum atomic E-state index is 11.9. The minimum atomic E-state index is -0.243. The van der Waals surface area contributed by atoms with E-state index in [2.05, 4.69) is 5.32 Å². The number of halogens is 1. The van der Waals surface area contributed by atoms with Crippen LogP contribution >= 0.6 is 23.4 Å². The fourth-order valence-electron chi connectivity index (χ4n) is 1.80. The summed E-state index contributed by atoms with van der Waals surface area (Å²) in [6.07, 6.45) is 0. The molecule has 0 radical (unpaired) electrons. The maximum Gasteiger partial charge on any atom is 0.251 e. The molecule has 0 aromatic heterocycles. The van der Waals surface area contributed by atoms with E-state index in [1.807, 2.05) is 36.4 Å². The third kappa shape index (κ3) is 5.05. The first-order valence-electron chi connectivity index (χ1n) is 6.97. The molecule has 0 fully saturated rings. The fraction of sp³-hybridized carbons (Fsp3) is 0.235. The number of benzene rings is 2. The third-order valence-corrected chi connectivity index (χ3v) is 4.42. The number of amides is 1. The molecule has 22 heavy (non-hydrogen) atoms. The molecule has 5 heteroatoms. The number of thioether (sulfide) groups is 1. The number of rotatable bonds is 6. The van der Waals surface area contributed by atoms with Gasteiger partial charge < -0.3 is 10.4 Å². The lowest BCUT2D eigenvalue weighted by Gasteiger charge is -2.11. The van der Waals surface area contributed by atoms with Crippen molar-refractivity contribution in [3.63, 3.8) is 0 Å². The van der Waals surface area contributed by atoms with E-state index in [9.17, 15) is 4.79 Å². The van der Waals surface area contributed by atoms with Crippen LogP contribution in [0.5, 0.6) is 0 Å². The summed E-state index contributed by atoms with van der Waals surface area (Å²) in [6.45, 7) is 1.69. The van der Waals surface area contributed by atoms with Gasteiger partial charge in [-0.05, 0) is 48.9 Å². The number of carbonyl (C=O) groups excluding carboxylic acids is 1. The Hall–Kier alpha value is -1.49. The molecule has 2 aromatic carbocycles. The summed E-state index contributed by atoms with van der Waals surface area (Å²) in [4.78, 5) is 13.1. The molecule has 2 rings (SSSR count). The summed E-state index contributed by atoms with van der Waals surface area (Å²) in [5.74, 6) is 0.662. The quantitative estimate of drug-likeness (QED) is 0.790. The lowest BCUT2D eigenvalue weighted by Crippen LogP contribution is -2.34. The number of hydrogen-bond acceptors (Lipinski definition) is 3. The Bertz CT molecular complexity index is 614. The van der Waals surface area contributed by atoms with Crippen LogP contribution in [-0.4, -0.2) is 23.7 Å². The van der Waals surface area contributed by atoms with Gasteiger partial charge in [-0.2, -0.15) is 0 Å². The smallest absolute Gasteiger partial charge is 0.251 e. The summed E-state index contributed by atoms with van der Waals surface area (Å²) < 4.78 is 0. The zero-order chi connectivity index (χ0) is 15.9. The van der Waals surface area contributed by atoms with Gasteiger partial charge in [-0.1, -0.05) is 23.7 Å². The summed E-state index contributed by atoms with van der Waals surface area (Å²) in [5.41, 5.74) is 1.74. The van der Waals surface area contributed by atoms with Crippen LogP contribution in [0.1, 0.15) is 22.8 Å². The van der Waals surface area contributed by atoms with E-state index in [4.69, 9.17) is 16.7 Å². The molecule has 2 aromatic rings. The molecular formula is C17H18ClNO2S. The van der Waals surface area contributed by atoms with Crippen LogP contribution in [0.3, 0.4) is 0 Å². The van der Waals surface area contributed by atoms with Gasteiger partial charge in [0.1, 0.15) is 0 Å². The molecule has 3 nitrogen and oxygen atoms in total. The van der Waals surface area contributed by atoms with Crippen molar-refractivity contribution in [3.05, 3.63) is 64.7 Å². The van der Waals surface area contributed by atoms with Crippen LogP contribution in [0.15, 0.2) is 53.4 Å². The Morgan fingerprint density at radius 2 is 1.82 bits per heavy atom. The average Bonchev–Trinajstić information content (AvgIpc) is 2.54. The summed E-state index contributed by atoms with van der Waals surface area (Å²) in [5, 5.41) is 12.4. The first-order valence-corrected chi connectivity index (χ1v) is 8.34. The highest BCUT2D eigenvalue weighted by atomic mass is 35.5. The highest BCUT2D eigenvalue weighted by Gasteiger charge is 2.08.